The van der Waals surface area contributed by atoms with E-state index >= 15 is 0 Å². The first-order valence-electron chi connectivity index (χ1n) is 5.69. The van der Waals surface area contributed by atoms with Crippen molar-refractivity contribution >= 4 is 31.3 Å². The summed E-state index contributed by atoms with van der Waals surface area (Å²) in [6.45, 7) is 3.90. The summed E-state index contributed by atoms with van der Waals surface area (Å²) in [7, 11) is 1.66. The third-order valence-corrected chi connectivity index (χ3v) is 4.20. The molecule has 0 saturated heterocycles. The Morgan fingerprint density at radius 1 is 1.37 bits per heavy atom. The maximum atomic E-state index is 12.9. The van der Waals surface area contributed by atoms with Gasteiger partial charge in [-0.15, -0.1) is 0 Å². The van der Waals surface area contributed by atoms with E-state index in [1.54, 1.807) is 0 Å². The van der Waals surface area contributed by atoms with E-state index in [2.05, 4.69) is 0 Å². The predicted molar refractivity (Wildman–Crippen MR) is 74.9 cm³/mol. The van der Waals surface area contributed by atoms with Gasteiger partial charge in [-0.1, -0.05) is 25.4 Å². The summed E-state index contributed by atoms with van der Waals surface area (Å²) in [5.74, 6) is -0.497. The zero-order valence-corrected chi connectivity index (χ0v) is 12.9. The maximum Gasteiger partial charge on any atom is 0.233 e. The molecule has 19 heavy (non-hydrogen) atoms. The highest BCUT2D eigenvalue weighted by Gasteiger charge is 2.21. The van der Waals surface area contributed by atoms with Crippen LogP contribution in [-0.4, -0.2) is 20.8 Å². The molecule has 1 aromatic rings. The van der Waals surface area contributed by atoms with Crippen LogP contribution in [0.4, 0.5) is 4.39 Å². The van der Waals surface area contributed by atoms with Crippen molar-refractivity contribution in [2.24, 2.45) is 11.8 Å². The molecule has 0 fully saturated rings. The van der Waals surface area contributed by atoms with Crippen molar-refractivity contribution in [2.45, 2.75) is 13.8 Å². The van der Waals surface area contributed by atoms with Crippen molar-refractivity contribution < 1.29 is 17.5 Å². The lowest BCUT2D eigenvalue weighted by molar-refractivity contribution is 0.225. The van der Waals surface area contributed by atoms with Crippen molar-refractivity contribution in [3.8, 4) is 5.75 Å². The van der Waals surface area contributed by atoms with E-state index < -0.39 is 14.9 Å². The average molecular weight is 329 g/mol. The Kier molecular flexibility index (Phi) is 5.89. The summed E-state index contributed by atoms with van der Waals surface area (Å²) in [6, 6.07) is 3.77. The molecule has 0 spiro atoms. The molecular weight excluding hydrogens is 314 g/mol. The van der Waals surface area contributed by atoms with Gasteiger partial charge in [-0.25, -0.2) is 12.8 Å². The van der Waals surface area contributed by atoms with E-state index in [-0.39, 0.29) is 29.2 Å². The Bertz CT molecular complexity index is 532. The molecule has 0 radical (unpaired) electrons. The molecule has 0 aliphatic carbocycles. The Morgan fingerprint density at radius 3 is 2.47 bits per heavy atom. The van der Waals surface area contributed by atoms with Crippen molar-refractivity contribution in [2.75, 3.05) is 12.4 Å². The molecule has 3 nitrogen and oxygen atoms in total. The van der Waals surface area contributed by atoms with Gasteiger partial charge in [0.05, 0.1) is 17.4 Å². The molecule has 108 valence electrons. The molecule has 0 heterocycles. The van der Waals surface area contributed by atoms with Crippen LogP contribution in [0, 0.1) is 17.7 Å². The van der Waals surface area contributed by atoms with Crippen LogP contribution in [0.5, 0.6) is 5.75 Å². The topological polar surface area (TPSA) is 43.4 Å². The zero-order chi connectivity index (χ0) is 14.6. The smallest absolute Gasteiger partial charge is 0.233 e. The first kappa shape index (κ1) is 16.5. The fourth-order valence-corrected chi connectivity index (χ4v) is 3.18. The molecule has 1 aromatic carbocycles. The largest absolute Gasteiger partial charge is 0.492 e. The highest BCUT2D eigenvalue weighted by Crippen LogP contribution is 2.26. The van der Waals surface area contributed by atoms with Gasteiger partial charge in [0.1, 0.15) is 11.6 Å². The lowest BCUT2D eigenvalue weighted by Gasteiger charge is -2.20. The highest BCUT2D eigenvalue weighted by atomic mass is 35.7. The molecular formula is C12H15Cl2FO3S. The summed E-state index contributed by atoms with van der Waals surface area (Å²) in [5, 5.41) is 0.149. The number of rotatable bonds is 6. The molecule has 0 aliphatic heterocycles. The van der Waals surface area contributed by atoms with Gasteiger partial charge >= 0.3 is 0 Å². The van der Waals surface area contributed by atoms with Crippen molar-refractivity contribution in [1.82, 2.24) is 0 Å². The summed E-state index contributed by atoms with van der Waals surface area (Å²) in [5.41, 5.74) is 0. The van der Waals surface area contributed by atoms with Crippen LogP contribution in [-0.2, 0) is 9.05 Å². The van der Waals surface area contributed by atoms with E-state index in [9.17, 15) is 12.8 Å². The normalized spacial score (nSPS) is 13.6. The second-order valence-corrected chi connectivity index (χ2v) is 7.82. The Labute approximate surface area is 122 Å². The van der Waals surface area contributed by atoms with E-state index in [4.69, 9.17) is 27.0 Å². The lowest BCUT2D eigenvalue weighted by Crippen LogP contribution is -2.24. The van der Waals surface area contributed by atoms with Crippen LogP contribution in [0.25, 0.3) is 0 Å². The average Bonchev–Trinajstić information content (AvgIpc) is 2.24. The summed E-state index contributed by atoms with van der Waals surface area (Å²) < 4.78 is 40.5. The summed E-state index contributed by atoms with van der Waals surface area (Å²) in [4.78, 5) is 0. The Hall–Kier alpha value is -0.520. The van der Waals surface area contributed by atoms with Crippen LogP contribution in [0.1, 0.15) is 13.8 Å². The molecule has 0 bridgehead atoms. The van der Waals surface area contributed by atoms with Crippen LogP contribution >= 0.6 is 22.3 Å². The third kappa shape index (κ3) is 5.97. The molecule has 1 rings (SSSR count). The number of ether oxygens (including phenoxy) is 1. The Morgan fingerprint density at radius 2 is 2.00 bits per heavy atom. The quantitative estimate of drug-likeness (QED) is 0.748. The van der Waals surface area contributed by atoms with Gasteiger partial charge in [-0.2, -0.15) is 0 Å². The van der Waals surface area contributed by atoms with Crippen molar-refractivity contribution in [3.63, 3.8) is 0 Å². The second kappa shape index (κ2) is 6.77. The molecule has 0 N–H and O–H groups in total. The van der Waals surface area contributed by atoms with Crippen LogP contribution in [0.15, 0.2) is 18.2 Å². The van der Waals surface area contributed by atoms with E-state index in [1.807, 2.05) is 13.8 Å². The molecule has 7 heteroatoms. The zero-order valence-electron chi connectivity index (χ0n) is 10.6. The highest BCUT2D eigenvalue weighted by molar-refractivity contribution is 8.13. The van der Waals surface area contributed by atoms with Gasteiger partial charge in [-0.3, -0.25) is 0 Å². The number of hydrogen-bond acceptors (Lipinski definition) is 3. The Balaban J connectivity index is 2.71. The van der Waals surface area contributed by atoms with Gasteiger partial charge < -0.3 is 4.74 Å². The third-order valence-electron chi connectivity index (χ3n) is 2.70. The van der Waals surface area contributed by atoms with Gasteiger partial charge in [0, 0.05) is 16.6 Å². The minimum absolute atomic E-state index is 0.0766. The predicted octanol–water partition coefficient (Wildman–Crippen LogP) is 3.70. The second-order valence-electron chi connectivity index (χ2n) is 4.60. The number of benzene rings is 1. The standard InChI is InChI=1S/C12H15Cl2FO3S/c1-8(2)9(7-19(14,16)17)6-18-12-4-3-10(15)5-11(12)13/h3-5,8-9H,6-7H2,1-2H3. The van der Waals surface area contributed by atoms with Crippen LogP contribution < -0.4 is 4.74 Å². The van der Waals surface area contributed by atoms with Crippen molar-refractivity contribution in [3.05, 3.63) is 29.0 Å². The molecule has 1 atom stereocenters. The number of halogens is 3. The maximum absolute atomic E-state index is 12.9. The fourth-order valence-electron chi connectivity index (χ4n) is 1.48. The molecule has 0 aliphatic rings. The van der Waals surface area contributed by atoms with Gasteiger partial charge in [0.15, 0.2) is 0 Å². The van der Waals surface area contributed by atoms with Crippen molar-refractivity contribution in [1.29, 1.82) is 0 Å². The summed E-state index contributed by atoms with van der Waals surface area (Å²) >= 11 is 5.82. The summed E-state index contributed by atoms with van der Waals surface area (Å²) in [6.07, 6.45) is 0. The molecule has 0 amide bonds. The van der Waals surface area contributed by atoms with E-state index in [0.29, 0.717) is 5.75 Å². The minimum Gasteiger partial charge on any atom is -0.492 e. The van der Waals surface area contributed by atoms with Gasteiger partial charge in [-0.05, 0) is 24.1 Å². The molecule has 0 aromatic heterocycles. The first-order chi connectivity index (χ1) is 8.69. The van der Waals surface area contributed by atoms with Crippen LogP contribution in [0.2, 0.25) is 5.02 Å². The molecule has 1 unspecified atom stereocenters. The SMILES string of the molecule is CC(C)C(COc1ccc(F)cc1Cl)CS(=O)(=O)Cl. The van der Waals surface area contributed by atoms with Gasteiger partial charge in [0.2, 0.25) is 9.05 Å². The molecule has 0 saturated carbocycles. The monoisotopic (exact) mass is 328 g/mol. The van der Waals surface area contributed by atoms with E-state index in [0.717, 1.165) is 6.07 Å². The van der Waals surface area contributed by atoms with E-state index in [1.165, 1.54) is 12.1 Å². The first-order valence-corrected chi connectivity index (χ1v) is 8.55. The lowest BCUT2D eigenvalue weighted by atomic mass is 9.99. The fraction of sp³-hybridized carbons (Fsp3) is 0.500. The number of hydrogen-bond donors (Lipinski definition) is 0. The van der Waals surface area contributed by atoms with Crippen LogP contribution in [0.3, 0.4) is 0 Å². The minimum atomic E-state index is -3.59. The van der Waals surface area contributed by atoms with Gasteiger partial charge in [0.25, 0.3) is 0 Å².